The molecule has 72 heavy (non-hydrogen) atoms. The molecule has 0 aliphatic carbocycles. The zero-order chi connectivity index (χ0) is 52.2. The number of rotatable bonds is 63. The number of aliphatic hydroxyl groups excluding tert-OH is 2. The third-order valence-corrected chi connectivity index (χ3v) is 15.9. The van der Waals surface area contributed by atoms with Crippen molar-refractivity contribution in [3.8, 4) is 0 Å². The molecule has 3 N–H and O–H groups in total. The van der Waals surface area contributed by atoms with Crippen molar-refractivity contribution in [1.29, 1.82) is 0 Å². The molecule has 0 aromatic rings. The number of nitrogens with one attached hydrogen (secondary N) is 1. The second kappa shape index (κ2) is 62.4. The van der Waals surface area contributed by atoms with Crippen LogP contribution in [-0.4, -0.2) is 47.4 Å². The van der Waals surface area contributed by atoms with Crippen LogP contribution in [0.2, 0.25) is 0 Å². The van der Waals surface area contributed by atoms with Crippen molar-refractivity contribution in [2.45, 2.75) is 398 Å². The Bertz CT molecular complexity index is 1040. The Labute approximate surface area is 451 Å². The van der Waals surface area contributed by atoms with Crippen molar-refractivity contribution >= 4 is 11.9 Å². The van der Waals surface area contributed by atoms with Gasteiger partial charge in [0.05, 0.1) is 25.4 Å². The molecule has 1 amide bonds. The van der Waals surface area contributed by atoms with E-state index in [0.29, 0.717) is 25.9 Å². The Kier molecular flexibility index (Phi) is 61.4. The van der Waals surface area contributed by atoms with Crippen LogP contribution in [0.25, 0.3) is 0 Å². The van der Waals surface area contributed by atoms with Crippen LogP contribution < -0.4 is 5.32 Å². The minimum Gasteiger partial charge on any atom is -0.466 e. The number of unbranched alkanes of at least 4 members (excludes halogenated alkanes) is 52. The Morgan fingerprint density at radius 1 is 0.333 bits per heavy atom. The summed E-state index contributed by atoms with van der Waals surface area (Å²) in [6.45, 7) is 4.99. The number of amides is 1. The first-order chi connectivity index (χ1) is 35.5. The van der Waals surface area contributed by atoms with Crippen LogP contribution >= 0.6 is 0 Å². The van der Waals surface area contributed by atoms with E-state index in [1.165, 1.54) is 315 Å². The van der Waals surface area contributed by atoms with Gasteiger partial charge in [0.15, 0.2) is 0 Å². The largest absolute Gasteiger partial charge is 0.466 e. The summed E-state index contributed by atoms with van der Waals surface area (Å²) in [7, 11) is 0. The van der Waals surface area contributed by atoms with E-state index in [1.54, 1.807) is 0 Å². The maximum atomic E-state index is 12.5. The quantitative estimate of drug-likeness (QED) is 0.0417. The van der Waals surface area contributed by atoms with Crippen LogP contribution in [0.4, 0.5) is 0 Å². The number of hydrogen-bond acceptors (Lipinski definition) is 5. The lowest BCUT2D eigenvalue weighted by molar-refractivity contribution is -0.143. The topological polar surface area (TPSA) is 95.9 Å². The average Bonchev–Trinajstić information content (AvgIpc) is 3.38. The molecule has 0 bridgehead atoms. The molecule has 6 nitrogen and oxygen atoms in total. The number of carbonyl (C=O) groups is 2. The van der Waals surface area contributed by atoms with E-state index >= 15 is 0 Å². The van der Waals surface area contributed by atoms with Gasteiger partial charge in [0.25, 0.3) is 0 Å². The minimum atomic E-state index is -0.665. The first-order valence-electron chi connectivity index (χ1n) is 33.3. The van der Waals surface area contributed by atoms with Crippen molar-refractivity contribution in [3.63, 3.8) is 0 Å². The number of hydrogen-bond donors (Lipinski definition) is 3. The summed E-state index contributed by atoms with van der Waals surface area (Å²) in [4.78, 5) is 24.6. The highest BCUT2D eigenvalue weighted by Gasteiger charge is 2.20. The first kappa shape index (κ1) is 70.9. The molecule has 0 aromatic heterocycles. The third kappa shape index (κ3) is 58.1. The fourth-order valence-electron chi connectivity index (χ4n) is 10.8. The number of carbonyl (C=O) groups excluding carboxylic acids is 2. The summed E-state index contributed by atoms with van der Waals surface area (Å²) < 4.78 is 5.48. The van der Waals surface area contributed by atoms with Crippen LogP contribution in [0, 0.1) is 0 Å². The van der Waals surface area contributed by atoms with Crippen LogP contribution in [0.15, 0.2) is 0 Å². The molecule has 0 aromatic carbocycles. The Balaban J connectivity index is 3.38. The van der Waals surface area contributed by atoms with Crippen LogP contribution in [0.1, 0.15) is 386 Å². The van der Waals surface area contributed by atoms with Gasteiger partial charge in [-0.25, -0.2) is 0 Å². The fraction of sp³-hybridized carbons (Fsp3) is 0.970. The number of esters is 1. The van der Waals surface area contributed by atoms with Crippen molar-refractivity contribution in [2.75, 3.05) is 13.2 Å². The molecule has 6 heteroatoms. The summed E-state index contributed by atoms with van der Waals surface area (Å²) >= 11 is 0. The highest BCUT2D eigenvalue weighted by molar-refractivity contribution is 5.76. The van der Waals surface area contributed by atoms with E-state index in [2.05, 4.69) is 19.2 Å². The Morgan fingerprint density at radius 3 is 0.847 bits per heavy atom. The molecule has 0 saturated heterocycles. The predicted octanol–water partition coefficient (Wildman–Crippen LogP) is 21.0. The molecule has 0 saturated carbocycles. The van der Waals surface area contributed by atoms with Gasteiger partial charge in [0.1, 0.15) is 0 Å². The zero-order valence-corrected chi connectivity index (χ0v) is 49.2. The highest BCUT2D eigenvalue weighted by atomic mass is 16.5. The van der Waals surface area contributed by atoms with Gasteiger partial charge >= 0.3 is 5.97 Å². The molecule has 0 fully saturated rings. The van der Waals surface area contributed by atoms with E-state index < -0.39 is 12.1 Å². The van der Waals surface area contributed by atoms with Crippen molar-refractivity contribution in [1.82, 2.24) is 5.32 Å². The third-order valence-electron chi connectivity index (χ3n) is 15.9. The molecule has 0 heterocycles. The summed E-state index contributed by atoms with van der Waals surface area (Å²) in [5.41, 5.74) is 0. The Hall–Kier alpha value is -1.14. The molecule has 0 radical (unpaired) electrons. The maximum absolute atomic E-state index is 12.5. The van der Waals surface area contributed by atoms with E-state index in [-0.39, 0.29) is 18.5 Å². The lowest BCUT2D eigenvalue weighted by Crippen LogP contribution is -2.45. The van der Waals surface area contributed by atoms with Crippen molar-refractivity contribution < 1.29 is 24.5 Å². The van der Waals surface area contributed by atoms with Crippen LogP contribution in [0.3, 0.4) is 0 Å². The van der Waals surface area contributed by atoms with Gasteiger partial charge in [-0.2, -0.15) is 0 Å². The fourth-order valence-corrected chi connectivity index (χ4v) is 10.8. The lowest BCUT2D eigenvalue weighted by atomic mass is 10.0. The summed E-state index contributed by atoms with van der Waals surface area (Å²) in [5.74, 6) is -0.0166. The highest BCUT2D eigenvalue weighted by Crippen LogP contribution is 2.19. The van der Waals surface area contributed by atoms with Gasteiger partial charge in [-0.05, 0) is 25.7 Å². The molecule has 430 valence electrons. The van der Waals surface area contributed by atoms with Crippen LogP contribution in [-0.2, 0) is 14.3 Å². The van der Waals surface area contributed by atoms with Gasteiger partial charge in [0, 0.05) is 12.8 Å². The van der Waals surface area contributed by atoms with Gasteiger partial charge in [-0.3, -0.25) is 9.59 Å². The molecule has 0 aliphatic heterocycles. The molecule has 0 rings (SSSR count). The van der Waals surface area contributed by atoms with Crippen molar-refractivity contribution in [3.05, 3.63) is 0 Å². The van der Waals surface area contributed by atoms with Gasteiger partial charge < -0.3 is 20.3 Å². The van der Waals surface area contributed by atoms with Crippen molar-refractivity contribution in [2.24, 2.45) is 0 Å². The SMILES string of the molecule is CCCCCCCCCCCCCCCCCCCCCCCCC(O)C(CO)NC(=O)CCCCCCCCCCCCCCCCCCCCCCCOC(=O)CCCCCCCCCCCCCC. The second-order valence-electron chi connectivity index (χ2n) is 23.2. The van der Waals surface area contributed by atoms with E-state index in [9.17, 15) is 19.8 Å². The number of ether oxygens (including phenoxy) is 1. The molecule has 2 atom stereocenters. The maximum Gasteiger partial charge on any atom is 0.305 e. The summed E-state index contributed by atoms with van der Waals surface area (Å²) in [6, 6.07) is -0.542. The first-order valence-corrected chi connectivity index (χ1v) is 33.3. The average molecular weight is 1020 g/mol. The Morgan fingerprint density at radius 2 is 0.569 bits per heavy atom. The molecule has 2 unspecified atom stereocenters. The summed E-state index contributed by atoms with van der Waals surface area (Å²) in [6.07, 6.45) is 74.1. The molecule has 0 aliphatic rings. The van der Waals surface area contributed by atoms with Crippen LogP contribution in [0.5, 0.6) is 0 Å². The minimum absolute atomic E-state index is 0.0141. The standard InChI is InChI=1S/C66H131NO5/c1-3-5-7-9-11-13-15-17-18-19-20-21-23-26-29-32-35-38-42-46-50-54-58-64(69)63(62-68)67-65(70)59-55-51-47-43-39-36-33-30-27-24-22-25-28-31-34-37-41-45-49-53-57-61-72-66(71)60-56-52-48-44-40-16-14-12-10-8-6-4-2/h63-64,68-69H,3-62H2,1-2H3,(H,67,70). The van der Waals surface area contributed by atoms with E-state index in [4.69, 9.17) is 4.74 Å². The number of aliphatic hydroxyl groups is 2. The smallest absolute Gasteiger partial charge is 0.305 e. The molecule has 0 spiro atoms. The zero-order valence-electron chi connectivity index (χ0n) is 49.2. The van der Waals surface area contributed by atoms with Gasteiger partial charge in [-0.1, -0.05) is 348 Å². The van der Waals surface area contributed by atoms with Gasteiger partial charge in [-0.15, -0.1) is 0 Å². The monoisotopic (exact) mass is 1020 g/mol. The lowest BCUT2D eigenvalue weighted by Gasteiger charge is -2.22. The predicted molar refractivity (Wildman–Crippen MR) is 315 cm³/mol. The molecular formula is C66H131NO5. The normalized spacial score (nSPS) is 12.4. The van der Waals surface area contributed by atoms with Gasteiger partial charge in [0.2, 0.25) is 5.91 Å². The summed E-state index contributed by atoms with van der Waals surface area (Å²) in [5, 5.41) is 23.4. The molecular weight excluding hydrogens is 887 g/mol. The van der Waals surface area contributed by atoms with E-state index in [1.807, 2.05) is 0 Å². The second-order valence-corrected chi connectivity index (χ2v) is 23.2. The van der Waals surface area contributed by atoms with E-state index in [0.717, 1.165) is 38.5 Å².